The number of hydrogen-bond donors (Lipinski definition) is 3. The van der Waals surface area contributed by atoms with Gasteiger partial charge in [0.15, 0.2) is 11.5 Å². The van der Waals surface area contributed by atoms with Gasteiger partial charge in [-0.3, -0.25) is 19.5 Å². The van der Waals surface area contributed by atoms with Crippen LogP contribution in [0.3, 0.4) is 0 Å². The Kier molecular flexibility index (Phi) is 9.03. The van der Waals surface area contributed by atoms with Gasteiger partial charge in [-0.2, -0.15) is 4.31 Å². The van der Waals surface area contributed by atoms with Gasteiger partial charge in [-0.25, -0.2) is 13.4 Å². The van der Waals surface area contributed by atoms with Crippen molar-refractivity contribution in [2.45, 2.75) is 68.3 Å². The number of sulfonamides is 1. The maximum atomic E-state index is 14.0. The van der Waals surface area contributed by atoms with E-state index in [1.165, 1.54) is 70.3 Å². The van der Waals surface area contributed by atoms with Crippen LogP contribution in [0.4, 0.5) is 5.69 Å². The molecule has 3 N–H and O–H groups in total. The van der Waals surface area contributed by atoms with Crippen LogP contribution in [-0.2, 0) is 14.8 Å². The summed E-state index contributed by atoms with van der Waals surface area (Å²) < 4.78 is 28.3. The first-order valence-electron chi connectivity index (χ1n) is 14.3. The predicted octanol–water partition coefficient (Wildman–Crippen LogP) is 3.90. The Hall–Kier alpha value is -4.03. The smallest absolute Gasteiger partial charge is 0.279 e. The van der Waals surface area contributed by atoms with Crippen molar-refractivity contribution >= 4 is 27.5 Å². The van der Waals surface area contributed by atoms with Crippen LogP contribution in [0.25, 0.3) is 0 Å². The van der Waals surface area contributed by atoms with Crippen LogP contribution in [0, 0.1) is 0 Å². The lowest BCUT2D eigenvalue weighted by atomic mass is 10.0. The molecule has 0 bridgehead atoms. The monoisotopic (exact) mass is 593 g/mol. The zero-order valence-electron chi connectivity index (χ0n) is 23.2. The fourth-order valence-corrected chi connectivity index (χ4v) is 7.12. The van der Waals surface area contributed by atoms with Gasteiger partial charge in [0.25, 0.3) is 5.91 Å². The topological polar surface area (TPSA) is 153 Å². The summed E-state index contributed by atoms with van der Waals surface area (Å²) in [5.41, 5.74) is 0.472. The first-order chi connectivity index (χ1) is 20.3. The van der Waals surface area contributed by atoms with Gasteiger partial charge >= 0.3 is 0 Å². The highest BCUT2D eigenvalue weighted by atomic mass is 32.2. The molecular weight excluding hydrogens is 558 g/mol. The molecule has 11 nitrogen and oxygen atoms in total. The third-order valence-electron chi connectivity index (χ3n) is 7.84. The molecule has 2 fully saturated rings. The van der Waals surface area contributed by atoms with Crippen molar-refractivity contribution in [1.29, 1.82) is 0 Å². The molecule has 5 rings (SSSR count). The number of nitrogens with one attached hydrogen (secondary N) is 1. The van der Waals surface area contributed by atoms with Crippen LogP contribution in [0.1, 0.15) is 73.5 Å². The van der Waals surface area contributed by atoms with E-state index >= 15 is 0 Å². The molecule has 1 saturated heterocycles. The van der Waals surface area contributed by atoms with E-state index in [4.69, 9.17) is 0 Å². The predicted molar refractivity (Wildman–Crippen MR) is 155 cm³/mol. The van der Waals surface area contributed by atoms with E-state index in [0.717, 1.165) is 51.4 Å². The highest BCUT2D eigenvalue weighted by molar-refractivity contribution is 7.89. The summed E-state index contributed by atoms with van der Waals surface area (Å²) >= 11 is 0. The van der Waals surface area contributed by atoms with Gasteiger partial charge in [-0.05, 0) is 67.6 Å². The molecule has 1 aliphatic heterocycles. The van der Waals surface area contributed by atoms with Crippen molar-refractivity contribution in [3.05, 3.63) is 72.3 Å². The summed E-state index contributed by atoms with van der Waals surface area (Å²) in [6, 6.07) is 8.47. The third kappa shape index (κ3) is 6.39. The van der Waals surface area contributed by atoms with E-state index in [0.29, 0.717) is 13.1 Å². The number of aromatic nitrogens is 2. The fraction of sp³-hybridized carbons (Fsp3) is 0.400. The maximum Gasteiger partial charge on any atom is 0.279 e. The lowest BCUT2D eigenvalue weighted by molar-refractivity contribution is -0.123. The molecule has 2 heterocycles. The molecule has 42 heavy (non-hydrogen) atoms. The van der Waals surface area contributed by atoms with Gasteiger partial charge in [0.05, 0.1) is 11.1 Å². The summed E-state index contributed by atoms with van der Waals surface area (Å²) in [5, 5.41) is 23.3. The molecule has 12 heteroatoms. The van der Waals surface area contributed by atoms with Crippen LogP contribution < -0.4 is 10.2 Å². The minimum atomic E-state index is -3.75. The average Bonchev–Trinajstić information content (AvgIpc) is 3.35. The molecule has 2 aromatic carbocycles. The Labute approximate surface area is 245 Å². The number of nitrogens with zero attached hydrogens (tertiary/aromatic N) is 4. The second-order valence-corrected chi connectivity index (χ2v) is 12.7. The number of hydrogen-bond acceptors (Lipinski definition) is 8. The largest absolute Gasteiger partial charge is 0.504 e. The summed E-state index contributed by atoms with van der Waals surface area (Å²) in [7, 11) is -3.75. The molecule has 1 atom stereocenters. The van der Waals surface area contributed by atoms with E-state index in [1.807, 2.05) is 0 Å². The molecule has 1 saturated carbocycles. The molecular formula is C30H35N5O6S. The highest BCUT2D eigenvalue weighted by Crippen LogP contribution is 2.35. The van der Waals surface area contributed by atoms with Crippen LogP contribution >= 0.6 is 0 Å². The number of carbonyl (C=O) groups is 2. The number of rotatable bonds is 8. The van der Waals surface area contributed by atoms with Gasteiger partial charge < -0.3 is 15.5 Å². The molecule has 0 spiro atoms. The Balaban J connectivity index is 1.58. The number of carbonyl (C=O) groups excluding carboxylic acids is 2. The Morgan fingerprint density at radius 3 is 2.21 bits per heavy atom. The molecule has 222 valence electrons. The fourth-order valence-electron chi connectivity index (χ4n) is 5.60. The number of aromatic hydroxyl groups is 2. The first kappa shape index (κ1) is 29.5. The number of anilines is 1. The van der Waals surface area contributed by atoms with Gasteiger partial charge in [0.2, 0.25) is 15.9 Å². The summed E-state index contributed by atoms with van der Waals surface area (Å²) in [6.45, 7) is 0.907. The molecule has 2 amide bonds. The van der Waals surface area contributed by atoms with Gasteiger partial charge in [0.1, 0.15) is 11.7 Å². The minimum Gasteiger partial charge on any atom is -0.504 e. The Morgan fingerprint density at radius 1 is 0.905 bits per heavy atom. The Bertz CT molecular complexity index is 1500. The summed E-state index contributed by atoms with van der Waals surface area (Å²) in [6.07, 6.45) is 11.2. The van der Waals surface area contributed by atoms with E-state index < -0.39 is 33.6 Å². The van der Waals surface area contributed by atoms with Gasteiger partial charge in [-0.15, -0.1) is 0 Å². The van der Waals surface area contributed by atoms with Gasteiger partial charge in [0, 0.05) is 37.2 Å². The van der Waals surface area contributed by atoms with Crippen molar-refractivity contribution in [2.24, 2.45) is 0 Å². The van der Waals surface area contributed by atoms with Crippen LogP contribution in [0.15, 0.2) is 66.0 Å². The minimum absolute atomic E-state index is 0.0274. The summed E-state index contributed by atoms with van der Waals surface area (Å²) in [4.78, 5) is 37.4. The molecule has 0 unspecified atom stereocenters. The standard InChI is InChI=1S/C30H35N5O6S/c36-26-14-9-21(19-27(26)37)28(29(38)33-22-7-3-4-8-22)35(30(39)25-20-31-15-16-32-25)23-10-12-24(13-11-23)42(40,41)34-17-5-1-2-6-18-34/h9-16,19-20,22,28,36-37H,1-8,17-18H2,(H,33,38)/t28-/m0/s1. The van der Waals surface area contributed by atoms with Gasteiger partial charge in [-0.1, -0.05) is 31.7 Å². The van der Waals surface area contributed by atoms with Crippen molar-refractivity contribution < 1.29 is 28.2 Å². The van der Waals surface area contributed by atoms with E-state index in [1.54, 1.807) is 0 Å². The lowest BCUT2D eigenvalue weighted by Gasteiger charge is -2.32. The van der Waals surface area contributed by atoms with Crippen molar-refractivity contribution in [1.82, 2.24) is 19.6 Å². The zero-order valence-corrected chi connectivity index (χ0v) is 24.0. The van der Waals surface area contributed by atoms with Crippen molar-refractivity contribution in [3.8, 4) is 11.5 Å². The molecule has 0 radical (unpaired) electrons. The second kappa shape index (κ2) is 12.9. The second-order valence-electron chi connectivity index (χ2n) is 10.7. The zero-order chi connectivity index (χ0) is 29.7. The quantitative estimate of drug-likeness (QED) is 0.333. The molecule has 3 aromatic rings. The third-order valence-corrected chi connectivity index (χ3v) is 9.75. The number of amides is 2. The first-order valence-corrected chi connectivity index (χ1v) is 15.7. The van der Waals surface area contributed by atoms with E-state index in [2.05, 4.69) is 15.3 Å². The van der Waals surface area contributed by atoms with Crippen molar-refractivity contribution in [2.75, 3.05) is 18.0 Å². The lowest BCUT2D eigenvalue weighted by Crippen LogP contribution is -2.46. The number of phenolic OH excluding ortho intramolecular Hbond substituents is 2. The maximum absolute atomic E-state index is 14.0. The van der Waals surface area contributed by atoms with Crippen LogP contribution in [0.2, 0.25) is 0 Å². The SMILES string of the molecule is O=C(NC1CCCC1)[C@H](c1ccc(O)c(O)c1)N(C(=O)c1cnccn1)c1ccc(S(=O)(=O)N2CCCCCC2)cc1. The molecule has 2 aliphatic rings. The Morgan fingerprint density at radius 2 is 1.60 bits per heavy atom. The van der Waals surface area contributed by atoms with Crippen LogP contribution in [0.5, 0.6) is 11.5 Å². The normalized spacial score (nSPS) is 17.3. The van der Waals surface area contributed by atoms with E-state index in [9.17, 15) is 28.2 Å². The molecule has 1 aliphatic carbocycles. The molecule has 1 aromatic heterocycles. The number of phenols is 2. The van der Waals surface area contributed by atoms with Crippen molar-refractivity contribution in [3.63, 3.8) is 0 Å². The summed E-state index contributed by atoms with van der Waals surface area (Å²) in [5.74, 6) is -1.95. The number of benzene rings is 2. The average molecular weight is 594 g/mol. The van der Waals surface area contributed by atoms with E-state index in [-0.39, 0.29) is 33.6 Å². The van der Waals surface area contributed by atoms with Crippen LogP contribution in [-0.4, -0.2) is 63.8 Å². The highest BCUT2D eigenvalue weighted by Gasteiger charge is 2.36.